The van der Waals surface area contributed by atoms with E-state index in [1.54, 1.807) is 31.3 Å². The highest BCUT2D eigenvalue weighted by Gasteiger charge is 2.20. The lowest BCUT2D eigenvalue weighted by Crippen LogP contribution is -2.25. The van der Waals surface area contributed by atoms with Gasteiger partial charge in [-0.15, -0.1) is 0 Å². The molecule has 102 valence electrons. The molecule has 0 aliphatic heterocycles. The zero-order valence-electron chi connectivity index (χ0n) is 10.8. The van der Waals surface area contributed by atoms with E-state index in [-0.39, 0.29) is 17.1 Å². The van der Waals surface area contributed by atoms with E-state index in [4.69, 9.17) is 5.73 Å². The third-order valence-corrected chi connectivity index (χ3v) is 4.59. The number of hydrogen-bond acceptors (Lipinski definition) is 4. The summed E-state index contributed by atoms with van der Waals surface area (Å²) in [4.78, 5) is 0.145. The van der Waals surface area contributed by atoms with Crippen molar-refractivity contribution in [3.05, 3.63) is 41.2 Å². The van der Waals surface area contributed by atoms with Crippen molar-refractivity contribution >= 4 is 15.7 Å². The van der Waals surface area contributed by atoms with E-state index in [9.17, 15) is 8.42 Å². The molecule has 7 heteroatoms. The van der Waals surface area contributed by atoms with Crippen LogP contribution in [0.25, 0.3) is 0 Å². The molecule has 1 aromatic carbocycles. The van der Waals surface area contributed by atoms with Crippen LogP contribution in [0.3, 0.4) is 0 Å². The molecule has 0 saturated heterocycles. The van der Waals surface area contributed by atoms with Crippen molar-refractivity contribution in [1.82, 2.24) is 14.9 Å². The van der Waals surface area contributed by atoms with Crippen molar-refractivity contribution in [3.63, 3.8) is 0 Å². The Hall–Kier alpha value is -1.86. The number of aryl methyl sites for hydroxylation is 1. The van der Waals surface area contributed by atoms with Crippen LogP contribution in [0.15, 0.2) is 29.3 Å². The van der Waals surface area contributed by atoms with Crippen LogP contribution in [-0.4, -0.2) is 18.6 Å². The molecule has 2 rings (SSSR count). The maximum Gasteiger partial charge on any atom is 0.243 e. The number of nitrogen functional groups attached to an aromatic ring is 1. The van der Waals surface area contributed by atoms with Crippen LogP contribution in [0.5, 0.6) is 0 Å². The largest absolute Gasteiger partial charge is 0.398 e. The van der Waals surface area contributed by atoms with Gasteiger partial charge in [-0.3, -0.25) is 5.10 Å². The molecule has 0 atom stereocenters. The van der Waals surface area contributed by atoms with Crippen LogP contribution in [0, 0.1) is 13.8 Å². The Labute approximate surface area is 112 Å². The fourth-order valence-corrected chi connectivity index (χ4v) is 3.23. The second kappa shape index (κ2) is 5.02. The Balaban J connectivity index is 2.32. The SMILES string of the molecule is Cc1ccc(N)c(S(=O)(=O)NCc2ccn[nH]2)c1C. The summed E-state index contributed by atoms with van der Waals surface area (Å²) < 4.78 is 27.1. The molecule has 6 nitrogen and oxygen atoms in total. The predicted molar refractivity (Wildman–Crippen MR) is 72.9 cm³/mol. The van der Waals surface area contributed by atoms with Crippen LogP contribution >= 0.6 is 0 Å². The van der Waals surface area contributed by atoms with Gasteiger partial charge in [-0.25, -0.2) is 13.1 Å². The molecule has 0 saturated carbocycles. The number of rotatable bonds is 4. The van der Waals surface area contributed by atoms with Crippen molar-refractivity contribution in [2.75, 3.05) is 5.73 Å². The second-order valence-electron chi connectivity index (χ2n) is 4.33. The lowest BCUT2D eigenvalue weighted by atomic mass is 10.1. The first-order valence-corrected chi connectivity index (χ1v) is 7.24. The monoisotopic (exact) mass is 280 g/mol. The molecule has 1 heterocycles. The van der Waals surface area contributed by atoms with Gasteiger partial charge in [-0.05, 0) is 37.1 Å². The molecule has 0 radical (unpaired) electrons. The molecule has 2 aromatic rings. The van der Waals surface area contributed by atoms with Gasteiger partial charge >= 0.3 is 0 Å². The molecule has 0 aliphatic rings. The van der Waals surface area contributed by atoms with Crippen LogP contribution in [0.1, 0.15) is 16.8 Å². The maximum atomic E-state index is 12.3. The van der Waals surface area contributed by atoms with Gasteiger partial charge in [0.2, 0.25) is 10.0 Å². The quantitative estimate of drug-likeness (QED) is 0.730. The Morgan fingerprint density at radius 2 is 2.05 bits per heavy atom. The Morgan fingerprint density at radius 3 is 2.68 bits per heavy atom. The molecule has 0 amide bonds. The second-order valence-corrected chi connectivity index (χ2v) is 6.04. The number of benzene rings is 1. The Bertz CT molecular complexity index is 678. The fraction of sp³-hybridized carbons (Fsp3) is 0.250. The number of nitrogens with one attached hydrogen (secondary N) is 2. The molecule has 19 heavy (non-hydrogen) atoms. The zero-order valence-corrected chi connectivity index (χ0v) is 11.6. The maximum absolute atomic E-state index is 12.3. The normalized spacial score (nSPS) is 11.7. The zero-order chi connectivity index (χ0) is 14.0. The third kappa shape index (κ3) is 2.77. The number of nitrogens with two attached hydrogens (primary N) is 1. The van der Waals surface area contributed by atoms with E-state index < -0.39 is 10.0 Å². The Morgan fingerprint density at radius 1 is 1.32 bits per heavy atom. The molecule has 1 aromatic heterocycles. The number of aromatic nitrogens is 2. The minimum Gasteiger partial charge on any atom is -0.398 e. The van der Waals surface area contributed by atoms with Gasteiger partial charge in [0.15, 0.2) is 0 Å². The lowest BCUT2D eigenvalue weighted by molar-refractivity contribution is 0.580. The van der Waals surface area contributed by atoms with Gasteiger partial charge in [0.1, 0.15) is 4.90 Å². The summed E-state index contributed by atoms with van der Waals surface area (Å²) in [6.45, 7) is 3.74. The van der Waals surface area contributed by atoms with E-state index in [2.05, 4.69) is 14.9 Å². The molecular weight excluding hydrogens is 264 g/mol. The van der Waals surface area contributed by atoms with Crippen molar-refractivity contribution < 1.29 is 8.42 Å². The van der Waals surface area contributed by atoms with E-state index in [1.807, 2.05) is 6.92 Å². The first kappa shape index (κ1) is 13.6. The molecule has 0 aliphatic carbocycles. The average molecular weight is 280 g/mol. The van der Waals surface area contributed by atoms with Crippen molar-refractivity contribution in [2.24, 2.45) is 0 Å². The standard InChI is InChI=1S/C12H16N4O2S/c1-8-3-4-11(13)12(9(8)2)19(17,18)15-7-10-5-6-14-16-10/h3-6,15H,7,13H2,1-2H3,(H,14,16). The summed E-state index contributed by atoms with van der Waals surface area (Å²) >= 11 is 0. The third-order valence-electron chi connectivity index (χ3n) is 2.99. The Kier molecular flexibility index (Phi) is 3.59. The highest BCUT2D eigenvalue weighted by atomic mass is 32.2. The number of aromatic amines is 1. The first-order valence-electron chi connectivity index (χ1n) is 5.75. The van der Waals surface area contributed by atoms with Crippen molar-refractivity contribution in [1.29, 1.82) is 0 Å². The van der Waals surface area contributed by atoms with Gasteiger partial charge in [0.05, 0.1) is 17.9 Å². The first-order chi connectivity index (χ1) is 8.92. The minimum absolute atomic E-state index is 0.145. The number of hydrogen-bond donors (Lipinski definition) is 3. The topological polar surface area (TPSA) is 101 Å². The number of sulfonamides is 1. The summed E-state index contributed by atoms with van der Waals surface area (Å²) in [5.41, 5.74) is 8.27. The van der Waals surface area contributed by atoms with E-state index in [1.165, 1.54) is 0 Å². The summed E-state index contributed by atoms with van der Waals surface area (Å²) in [6, 6.07) is 5.11. The van der Waals surface area contributed by atoms with Gasteiger partial charge in [-0.2, -0.15) is 5.10 Å². The van der Waals surface area contributed by atoms with Gasteiger partial charge < -0.3 is 5.73 Å². The van der Waals surface area contributed by atoms with E-state index >= 15 is 0 Å². The lowest BCUT2D eigenvalue weighted by Gasteiger charge is -2.13. The van der Waals surface area contributed by atoms with Crippen LogP contribution in [0.2, 0.25) is 0 Å². The molecule has 0 fully saturated rings. The van der Waals surface area contributed by atoms with E-state index in [0.717, 1.165) is 5.56 Å². The van der Waals surface area contributed by atoms with Gasteiger partial charge in [-0.1, -0.05) is 6.07 Å². The van der Waals surface area contributed by atoms with Gasteiger partial charge in [0.25, 0.3) is 0 Å². The highest BCUT2D eigenvalue weighted by molar-refractivity contribution is 7.89. The number of nitrogens with zero attached hydrogens (tertiary/aromatic N) is 1. The van der Waals surface area contributed by atoms with Crippen molar-refractivity contribution in [2.45, 2.75) is 25.3 Å². The summed E-state index contributed by atoms with van der Waals surface area (Å²) in [7, 11) is -3.64. The van der Waals surface area contributed by atoms with E-state index in [0.29, 0.717) is 11.3 Å². The number of anilines is 1. The summed E-state index contributed by atoms with van der Waals surface area (Å²) in [5.74, 6) is 0. The van der Waals surface area contributed by atoms with Crippen LogP contribution < -0.4 is 10.5 Å². The summed E-state index contributed by atoms with van der Waals surface area (Å²) in [5, 5.41) is 6.45. The molecular formula is C12H16N4O2S. The molecule has 0 unspecified atom stereocenters. The molecule has 0 spiro atoms. The van der Waals surface area contributed by atoms with Gasteiger partial charge in [0, 0.05) is 6.20 Å². The molecule has 0 bridgehead atoms. The van der Waals surface area contributed by atoms with Crippen molar-refractivity contribution in [3.8, 4) is 0 Å². The number of H-pyrrole nitrogens is 1. The summed E-state index contributed by atoms with van der Waals surface area (Å²) in [6.07, 6.45) is 1.57. The minimum atomic E-state index is -3.64. The van der Waals surface area contributed by atoms with Crippen LogP contribution in [0.4, 0.5) is 5.69 Å². The fourth-order valence-electron chi connectivity index (χ4n) is 1.80. The average Bonchev–Trinajstić information content (AvgIpc) is 2.85. The highest BCUT2D eigenvalue weighted by Crippen LogP contribution is 2.25. The van der Waals surface area contributed by atoms with Crippen LogP contribution in [-0.2, 0) is 16.6 Å². The predicted octanol–water partition coefficient (Wildman–Crippen LogP) is 1.09. The smallest absolute Gasteiger partial charge is 0.243 e. The molecule has 4 N–H and O–H groups in total.